The van der Waals surface area contributed by atoms with E-state index < -0.39 is 0 Å². The molecule has 0 bridgehead atoms. The lowest BCUT2D eigenvalue weighted by Gasteiger charge is -2.36. The Bertz CT molecular complexity index is 446. The monoisotopic (exact) mass is 267 g/mol. The highest BCUT2D eigenvalue weighted by atomic mass is 16.3. The third-order valence-corrected chi connectivity index (χ3v) is 3.43. The van der Waals surface area contributed by atoms with E-state index in [1.807, 2.05) is 34.7 Å². The summed E-state index contributed by atoms with van der Waals surface area (Å²) in [6, 6.07) is -0.218. The number of carbonyl (C=O) groups excluding carboxylic acids is 1. The average molecular weight is 267 g/mol. The van der Waals surface area contributed by atoms with Gasteiger partial charge >= 0.3 is 0 Å². The van der Waals surface area contributed by atoms with Gasteiger partial charge in [0.2, 0.25) is 0 Å². The highest BCUT2D eigenvalue weighted by Crippen LogP contribution is 2.25. The van der Waals surface area contributed by atoms with Crippen LogP contribution in [0.15, 0.2) is 6.20 Å². The Kier molecular flexibility index (Phi) is 4.74. The number of hydrogen-bond donors (Lipinski definition) is 1. The number of aromatic nitrogens is 2. The summed E-state index contributed by atoms with van der Waals surface area (Å²) in [5.74, 6) is -0.0843. The fourth-order valence-electron chi connectivity index (χ4n) is 2.28. The average Bonchev–Trinajstić information content (AvgIpc) is 2.68. The van der Waals surface area contributed by atoms with E-state index in [4.69, 9.17) is 0 Å². The Balaban J connectivity index is 3.04. The van der Waals surface area contributed by atoms with Gasteiger partial charge in [-0.1, -0.05) is 27.7 Å². The third kappa shape index (κ3) is 3.35. The highest BCUT2D eigenvalue weighted by molar-refractivity contribution is 5.95. The first-order valence-electron chi connectivity index (χ1n) is 6.62. The van der Waals surface area contributed by atoms with Crippen LogP contribution in [-0.2, 0) is 13.5 Å². The molecule has 5 heteroatoms. The van der Waals surface area contributed by atoms with Crippen molar-refractivity contribution in [2.45, 2.75) is 40.2 Å². The van der Waals surface area contributed by atoms with Crippen molar-refractivity contribution < 1.29 is 9.90 Å². The molecule has 1 N–H and O–H groups in total. The van der Waals surface area contributed by atoms with Gasteiger partial charge in [-0.3, -0.25) is 9.48 Å². The van der Waals surface area contributed by atoms with Crippen LogP contribution in [0.3, 0.4) is 0 Å². The molecule has 1 aromatic heterocycles. The topological polar surface area (TPSA) is 58.4 Å². The second kappa shape index (κ2) is 5.74. The summed E-state index contributed by atoms with van der Waals surface area (Å²) < 4.78 is 1.66. The molecule has 1 unspecified atom stereocenters. The van der Waals surface area contributed by atoms with Crippen LogP contribution < -0.4 is 0 Å². The van der Waals surface area contributed by atoms with Gasteiger partial charge in [0.25, 0.3) is 5.91 Å². The third-order valence-electron chi connectivity index (χ3n) is 3.43. The van der Waals surface area contributed by atoms with Gasteiger partial charge in [-0.2, -0.15) is 5.10 Å². The van der Waals surface area contributed by atoms with Crippen molar-refractivity contribution in [1.29, 1.82) is 0 Å². The molecule has 0 aliphatic carbocycles. The fraction of sp³-hybridized carbons (Fsp3) is 0.714. The summed E-state index contributed by atoms with van der Waals surface area (Å²) in [4.78, 5) is 14.2. The number of rotatable bonds is 4. The molecule has 5 nitrogen and oxygen atoms in total. The summed E-state index contributed by atoms with van der Waals surface area (Å²) in [5, 5.41) is 13.8. The first-order valence-corrected chi connectivity index (χ1v) is 6.62. The van der Waals surface area contributed by atoms with Gasteiger partial charge in [0.1, 0.15) is 0 Å². The smallest absolute Gasteiger partial charge is 0.257 e. The molecule has 0 saturated heterocycles. The number of aliphatic hydroxyl groups is 1. The van der Waals surface area contributed by atoms with Crippen molar-refractivity contribution in [2.75, 3.05) is 13.7 Å². The van der Waals surface area contributed by atoms with Gasteiger partial charge in [-0.15, -0.1) is 0 Å². The molecular formula is C14H25N3O2. The van der Waals surface area contributed by atoms with Crippen LogP contribution in [0, 0.1) is 5.41 Å². The van der Waals surface area contributed by atoms with E-state index in [0.29, 0.717) is 5.56 Å². The Labute approximate surface area is 115 Å². The lowest BCUT2D eigenvalue weighted by atomic mass is 9.86. The molecule has 0 radical (unpaired) electrons. The zero-order valence-corrected chi connectivity index (χ0v) is 12.8. The minimum atomic E-state index is -0.218. The maximum absolute atomic E-state index is 12.5. The van der Waals surface area contributed by atoms with E-state index in [0.717, 1.165) is 12.1 Å². The summed E-state index contributed by atoms with van der Waals surface area (Å²) >= 11 is 0. The second-order valence-electron chi connectivity index (χ2n) is 6.00. The summed E-state index contributed by atoms with van der Waals surface area (Å²) in [5.41, 5.74) is 1.24. The number of aryl methyl sites for hydroxylation is 2. The van der Waals surface area contributed by atoms with Crippen molar-refractivity contribution in [3.8, 4) is 0 Å². The SMILES string of the molecule is CCc1nn(C)cc1C(=O)N(C)C(CO)C(C)(C)C. The number of carbonyl (C=O) groups is 1. The minimum Gasteiger partial charge on any atom is -0.394 e. The molecule has 1 aromatic rings. The van der Waals surface area contributed by atoms with Gasteiger partial charge in [-0.25, -0.2) is 0 Å². The molecule has 1 amide bonds. The molecule has 19 heavy (non-hydrogen) atoms. The number of amides is 1. The maximum Gasteiger partial charge on any atom is 0.257 e. The predicted octanol–water partition coefficient (Wildman–Crippen LogP) is 1.46. The molecule has 0 spiro atoms. The van der Waals surface area contributed by atoms with Crippen molar-refractivity contribution in [3.63, 3.8) is 0 Å². The van der Waals surface area contributed by atoms with Crippen LogP contribution in [0.1, 0.15) is 43.7 Å². The maximum atomic E-state index is 12.5. The van der Waals surface area contributed by atoms with Crippen LogP contribution in [-0.4, -0.2) is 45.4 Å². The van der Waals surface area contributed by atoms with Crippen LogP contribution in [0.4, 0.5) is 0 Å². The molecule has 0 fully saturated rings. The number of likely N-dealkylation sites (N-methyl/N-ethyl adjacent to an activating group) is 1. The predicted molar refractivity (Wildman–Crippen MR) is 75.0 cm³/mol. The zero-order chi connectivity index (χ0) is 14.8. The van der Waals surface area contributed by atoms with E-state index in [9.17, 15) is 9.90 Å². The van der Waals surface area contributed by atoms with E-state index in [2.05, 4.69) is 5.10 Å². The first kappa shape index (κ1) is 15.7. The van der Waals surface area contributed by atoms with Crippen LogP contribution in [0.25, 0.3) is 0 Å². The van der Waals surface area contributed by atoms with Gasteiger partial charge < -0.3 is 10.0 Å². The van der Waals surface area contributed by atoms with Gasteiger partial charge in [0, 0.05) is 20.3 Å². The largest absolute Gasteiger partial charge is 0.394 e. The number of aliphatic hydroxyl groups excluding tert-OH is 1. The molecule has 0 saturated carbocycles. The van der Waals surface area contributed by atoms with E-state index in [1.54, 1.807) is 22.8 Å². The molecule has 1 rings (SSSR count). The van der Waals surface area contributed by atoms with Crippen molar-refractivity contribution in [3.05, 3.63) is 17.5 Å². The van der Waals surface area contributed by atoms with Crippen LogP contribution >= 0.6 is 0 Å². The Morgan fingerprint density at radius 1 is 1.53 bits per heavy atom. The zero-order valence-electron chi connectivity index (χ0n) is 12.8. The molecular weight excluding hydrogens is 242 g/mol. The standard InChI is InChI=1S/C14H25N3O2/c1-7-11-10(8-16(5)15-11)13(19)17(6)12(9-18)14(2,3)4/h8,12,18H,7,9H2,1-6H3. The van der Waals surface area contributed by atoms with E-state index in [-0.39, 0.29) is 24.0 Å². The molecule has 1 heterocycles. The molecule has 0 aromatic carbocycles. The van der Waals surface area contributed by atoms with Crippen molar-refractivity contribution in [2.24, 2.45) is 12.5 Å². The van der Waals surface area contributed by atoms with Crippen molar-refractivity contribution >= 4 is 5.91 Å². The Morgan fingerprint density at radius 3 is 2.53 bits per heavy atom. The second-order valence-corrected chi connectivity index (χ2v) is 6.00. The summed E-state index contributed by atoms with van der Waals surface area (Å²) in [6.45, 7) is 7.98. The number of hydrogen-bond acceptors (Lipinski definition) is 3. The lowest BCUT2D eigenvalue weighted by Crippen LogP contribution is -2.47. The molecule has 108 valence electrons. The van der Waals surface area contributed by atoms with Gasteiger partial charge in [0.15, 0.2) is 0 Å². The molecule has 0 aliphatic rings. The Hall–Kier alpha value is -1.36. The fourth-order valence-corrected chi connectivity index (χ4v) is 2.28. The normalized spacial score (nSPS) is 13.4. The van der Waals surface area contributed by atoms with Gasteiger partial charge in [-0.05, 0) is 11.8 Å². The van der Waals surface area contributed by atoms with E-state index >= 15 is 0 Å². The highest BCUT2D eigenvalue weighted by Gasteiger charge is 2.32. The molecule has 0 aliphatic heterocycles. The quantitative estimate of drug-likeness (QED) is 0.898. The number of nitrogens with zero attached hydrogens (tertiary/aromatic N) is 3. The van der Waals surface area contributed by atoms with Crippen LogP contribution in [0.2, 0.25) is 0 Å². The minimum absolute atomic E-state index is 0.0482. The molecule has 1 atom stereocenters. The van der Waals surface area contributed by atoms with E-state index in [1.165, 1.54) is 0 Å². The first-order chi connectivity index (χ1) is 8.72. The van der Waals surface area contributed by atoms with Crippen LogP contribution in [0.5, 0.6) is 0 Å². The summed E-state index contributed by atoms with van der Waals surface area (Å²) in [6.07, 6.45) is 2.46. The van der Waals surface area contributed by atoms with Crippen molar-refractivity contribution in [1.82, 2.24) is 14.7 Å². The summed E-state index contributed by atoms with van der Waals surface area (Å²) in [7, 11) is 3.55. The Morgan fingerprint density at radius 2 is 2.11 bits per heavy atom. The lowest BCUT2D eigenvalue weighted by molar-refractivity contribution is 0.0433. The van der Waals surface area contributed by atoms with Gasteiger partial charge in [0.05, 0.1) is 23.9 Å².